The third kappa shape index (κ3) is 11.3. The first-order valence-electron chi connectivity index (χ1n) is 14.5. The van der Waals surface area contributed by atoms with Gasteiger partial charge in [-0.3, -0.25) is 38.6 Å². The van der Waals surface area contributed by atoms with Gasteiger partial charge in [0.1, 0.15) is 22.3 Å². The van der Waals surface area contributed by atoms with E-state index in [0.717, 1.165) is 0 Å². The van der Waals surface area contributed by atoms with Crippen LogP contribution in [0, 0.1) is 5.92 Å². The molecule has 3 atom stereocenters. The standard InChI is InChI=1S/C29H37N5O9S2/c1-15(9-22(38)19(12-24(30)40)31-16(2)35)3-4-18(37)11-25(41)34-29(7-8-29)23(39)10-17(36)5-6-26-32-20(13-44-26)27-33-21(14-45-27)28(42)43/h13,15,19,21H,3-12,14H2,1-2H3,(H2,30,40)(H,31,35)(H,34,41)(H,42,43)/t15?,19-,21+/m1/s1. The molecule has 1 saturated carbocycles. The average Bonchev–Trinajstić information content (AvgIpc) is 3.32. The van der Waals surface area contributed by atoms with Gasteiger partial charge in [-0.15, -0.1) is 23.1 Å². The van der Waals surface area contributed by atoms with Crippen LogP contribution in [-0.4, -0.2) is 85.3 Å². The van der Waals surface area contributed by atoms with Crippen molar-refractivity contribution in [1.82, 2.24) is 15.6 Å². The van der Waals surface area contributed by atoms with Gasteiger partial charge in [0.05, 0.1) is 35.9 Å². The summed E-state index contributed by atoms with van der Waals surface area (Å²) in [4.78, 5) is 105. The van der Waals surface area contributed by atoms with Crippen LogP contribution in [0.3, 0.4) is 0 Å². The lowest BCUT2D eigenvalue weighted by Crippen LogP contribution is -2.44. The van der Waals surface area contributed by atoms with E-state index in [1.165, 1.54) is 30.0 Å². The number of rotatable bonds is 20. The van der Waals surface area contributed by atoms with Crippen molar-refractivity contribution in [3.05, 3.63) is 16.1 Å². The molecule has 0 radical (unpaired) electrons. The summed E-state index contributed by atoms with van der Waals surface area (Å²) in [6.07, 6.45) is 0.367. The van der Waals surface area contributed by atoms with E-state index < -0.39 is 53.5 Å². The molecular weight excluding hydrogens is 626 g/mol. The topological polar surface area (TPSA) is 232 Å². The van der Waals surface area contributed by atoms with Crippen LogP contribution in [-0.2, 0) is 44.8 Å². The lowest BCUT2D eigenvalue weighted by Gasteiger charge is -2.18. The number of aliphatic imine (C=N–C) groups is 1. The normalized spacial score (nSPS) is 17.8. The second-order valence-corrected chi connectivity index (χ2v) is 13.4. The Bertz CT molecular complexity index is 1390. The fraction of sp³-hybridized carbons (Fsp3) is 0.586. The molecule has 3 rings (SSSR count). The summed E-state index contributed by atoms with van der Waals surface area (Å²) in [5.41, 5.74) is 4.58. The average molecular weight is 664 g/mol. The Morgan fingerprint density at radius 3 is 2.36 bits per heavy atom. The Hall–Kier alpha value is -3.79. The number of carboxylic acids is 1. The highest BCUT2D eigenvalue weighted by Gasteiger charge is 2.50. The van der Waals surface area contributed by atoms with E-state index in [4.69, 9.17) is 10.8 Å². The maximum Gasteiger partial charge on any atom is 0.329 e. The van der Waals surface area contributed by atoms with Gasteiger partial charge < -0.3 is 21.5 Å². The number of nitrogens with zero attached hydrogens (tertiary/aromatic N) is 2. The summed E-state index contributed by atoms with van der Waals surface area (Å²) in [5, 5.41) is 17.1. The predicted molar refractivity (Wildman–Crippen MR) is 165 cm³/mol. The van der Waals surface area contributed by atoms with Crippen molar-refractivity contribution in [2.24, 2.45) is 16.6 Å². The Morgan fingerprint density at radius 1 is 1.07 bits per heavy atom. The molecule has 1 aliphatic heterocycles. The third-order valence-electron chi connectivity index (χ3n) is 7.34. The number of carbonyl (C=O) groups excluding carboxylic acids is 7. The number of aromatic nitrogens is 1. The number of aliphatic carboxylic acids is 1. The Morgan fingerprint density at radius 2 is 1.76 bits per heavy atom. The molecule has 244 valence electrons. The van der Waals surface area contributed by atoms with Gasteiger partial charge in [-0.2, -0.15) is 0 Å². The fourth-order valence-electron chi connectivity index (χ4n) is 4.71. The molecule has 2 aliphatic rings. The van der Waals surface area contributed by atoms with Gasteiger partial charge in [0.25, 0.3) is 0 Å². The van der Waals surface area contributed by atoms with Gasteiger partial charge in [-0.05, 0) is 25.2 Å². The Balaban J connectivity index is 1.38. The lowest BCUT2D eigenvalue weighted by molar-refractivity contribution is -0.138. The number of nitrogens with two attached hydrogens (primary N) is 1. The molecule has 0 spiro atoms. The number of primary amides is 1. The van der Waals surface area contributed by atoms with Crippen molar-refractivity contribution < 1.29 is 43.5 Å². The Labute approximate surface area is 267 Å². The second-order valence-electron chi connectivity index (χ2n) is 11.4. The minimum atomic E-state index is -1.14. The third-order valence-corrected chi connectivity index (χ3v) is 9.32. The maximum atomic E-state index is 12.9. The van der Waals surface area contributed by atoms with Gasteiger partial charge in [-0.1, -0.05) is 6.92 Å². The second kappa shape index (κ2) is 16.0. The van der Waals surface area contributed by atoms with Gasteiger partial charge in [-0.25, -0.2) is 9.78 Å². The van der Waals surface area contributed by atoms with E-state index in [2.05, 4.69) is 20.6 Å². The van der Waals surface area contributed by atoms with Crippen molar-refractivity contribution in [2.45, 2.75) is 95.7 Å². The fourth-order valence-corrected chi connectivity index (χ4v) is 6.56. The molecule has 1 aromatic heterocycles. The number of carbonyl (C=O) groups is 8. The van der Waals surface area contributed by atoms with Crippen LogP contribution >= 0.6 is 23.1 Å². The summed E-state index contributed by atoms with van der Waals surface area (Å²) in [6.45, 7) is 2.96. The van der Waals surface area contributed by atoms with Gasteiger partial charge in [0.2, 0.25) is 17.7 Å². The minimum Gasteiger partial charge on any atom is -0.480 e. The van der Waals surface area contributed by atoms with Gasteiger partial charge >= 0.3 is 5.97 Å². The minimum absolute atomic E-state index is 0.00856. The SMILES string of the molecule is CC(=O)N[C@H](CC(N)=O)C(=O)CC(C)CCC(=O)CC(=O)NC1(C(=O)CC(=O)CCc2nc(C3=N[C@H](C(=O)O)CS3)cs2)CC1. The number of Topliss-reactive ketones (excluding diaryl/α,β-unsaturated/α-hetero) is 4. The van der Waals surface area contributed by atoms with E-state index in [9.17, 15) is 38.4 Å². The van der Waals surface area contributed by atoms with Crippen LogP contribution in [0.5, 0.6) is 0 Å². The molecule has 0 aromatic carbocycles. The lowest BCUT2D eigenvalue weighted by atomic mass is 9.93. The zero-order chi connectivity index (χ0) is 33.3. The maximum absolute atomic E-state index is 12.9. The van der Waals surface area contributed by atoms with Crippen molar-refractivity contribution in [3.63, 3.8) is 0 Å². The molecule has 0 saturated heterocycles. The number of carboxylic acid groups (broad SMARTS) is 1. The highest BCUT2D eigenvalue weighted by molar-refractivity contribution is 8.14. The number of hydrogen-bond donors (Lipinski definition) is 4. The van der Waals surface area contributed by atoms with E-state index in [1.807, 2.05) is 0 Å². The Kier molecular flexibility index (Phi) is 12.7. The van der Waals surface area contributed by atoms with Crippen LogP contribution < -0.4 is 16.4 Å². The van der Waals surface area contributed by atoms with E-state index in [1.54, 1.807) is 12.3 Å². The highest BCUT2D eigenvalue weighted by atomic mass is 32.2. The molecule has 3 amide bonds. The van der Waals surface area contributed by atoms with Crippen LogP contribution in [0.15, 0.2) is 10.4 Å². The molecule has 5 N–H and O–H groups in total. The van der Waals surface area contributed by atoms with Crippen molar-refractivity contribution >= 4 is 75.0 Å². The first-order chi connectivity index (χ1) is 21.2. The van der Waals surface area contributed by atoms with Crippen molar-refractivity contribution in [1.29, 1.82) is 0 Å². The van der Waals surface area contributed by atoms with Crippen molar-refractivity contribution in [2.75, 3.05) is 5.75 Å². The predicted octanol–water partition coefficient (Wildman–Crippen LogP) is 0.914. The van der Waals surface area contributed by atoms with Crippen LogP contribution in [0.4, 0.5) is 0 Å². The van der Waals surface area contributed by atoms with Crippen LogP contribution in [0.1, 0.15) is 82.3 Å². The molecule has 2 heterocycles. The summed E-state index contributed by atoms with van der Waals surface area (Å²) in [7, 11) is 0. The molecule has 14 nitrogen and oxygen atoms in total. The molecule has 1 unspecified atom stereocenters. The van der Waals surface area contributed by atoms with Crippen molar-refractivity contribution in [3.8, 4) is 0 Å². The smallest absolute Gasteiger partial charge is 0.329 e. The number of aryl methyl sites for hydroxylation is 1. The molecule has 0 bridgehead atoms. The van der Waals surface area contributed by atoms with E-state index >= 15 is 0 Å². The summed E-state index contributed by atoms with van der Waals surface area (Å²) in [6, 6.07) is -1.83. The number of ketones is 4. The molecule has 16 heteroatoms. The summed E-state index contributed by atoms with van der Waals surface area (Å²) < 4.78 is 0. The highest BCUT2D eigenvalue weighted by Crippen LogP contribution is 2.37. The largest absolute Gasteiger partial charge is 0.480 e. The van der Waals surface area contributed by atoms with Gasteiger partial charge in [0, 0.05) is 43.7 Å². The molecule has 1 aromatic rings. The van der Waals surface area contributed by atoms with Crippen LogP contribution in [0.25, 0.3) is 0 Å². The molecule has 1 aliphatic carbocycles. The summed E-state index contributed by atoms with van der Waals surface area (Å²) >= 11 is 2.64. The monoisotopic (exact) mass is 663 g/mol. The molecule has 45 heavy (non-hydrogen) atoms. The molecular formula is C29H37N5O9S2. The quantitative estimate of drug-likeness (QED) is 0.143. The van der Waals surface area contributed by atoms with Gasteiger partial charge in [0.15, 0.2) is 17.6 Å². The first-order valence-corrected chi connectivity index (χ1v) is 16.4. The zero-order valence-corrected chi connectivity index (χ0v) is 26.7. The van der Waals surface area contributed by atoms with E-state index in [0.29, 0.717) is 47.2 Å². The van der Waals surface area contributed by atoms with E-state index in [-0.39, 0.29) is 55.4 Å². The molecule has 1 fully saturated rings. The number of hydrogen-bond acceptors (Lipinski definition) is 12. The summed E-state index contributed by atoms with van der Waals surface area (Å²) in [5.74, 6) is -4.17. The number of amides is 3. The number of thioether (sulfide) groups is 1. The number of thiazole rings is 1. The van der Waals surface area contributed by atoms with Crippen LogP contribution in [0.2, 0.25) is 0 Å². The first kappa shape index (κ1) is 35.7. The number of nitrogens with one attached hydrogen (secondary N) is 2. The zero-order valence-electron chi connectivity index (χ0n) is 25.1.